The molecule has 6 nitrogen and oxygen atoms in total. The average molecular weight is 269 g/mol. The summed E-state index contributed by atoms with van der Waals surface area (Å²) < 4.78 is 6.55. The van der Waals surface area contributed by atoms with Gasteiger partial charge in [0.05, 0.1) is 7.11 Å². The van der Waals surface area contributed by atoms with Crippen molar-refractivity contribution in [1.29, 1.82) is 0 Å². The molecule has 6 heteroatoms. The van der Waals surface area contributed by atoms with Crippen LogP contribution in [0.15, 0.2) is 42.7 Å². The van der Waals surface area contributed by atoms with Crippen LogP contribution in [-0.2, 0) is 0 Å². The summed E-state index contributed by atoms with van der Waals surface area (Å²) in [6.45, 7) is 0. The van der Waals surface area contributed by atoms with Crippen LogP contribution in [0.25, 0.3) is 16.9 Å². The van der Waals surface area contributed by atoms with Gasteiger partial charge in [-0.2, -0.15) is 5.10 Å². The number of aromatic nitrogens is 3. The molecule has 0 spiro atoms. The summed E-state index contributed by atoms with van der Waals surface area (Å²) in [7, 11) is 1.58. The topological polar surface area (TPSA) is 76.7 Å². The Kier molecular flexibility index (Phi) is 2.83. The number of ether oxygens (including phenoxy) is 1. The van der Waals surface area contributed by atoms with E-state index >= 15 is 0 Å². The third kappa shape index (κ3) is 1.87. The molecular weight excluding hydrogens is 258 g/mol. The predicted molar refractivity (Wildman–Crippen MR) is 71.9 cm³/mol. The van der Waals surface area contributed by atoms with Gasteiger partial charge in [-0.25, -0.2) is 14.3 Å². The van der Waals surface area contributed by atoms with Gasteiger partial charge in [0.1, 0.15) is 17.0 Å². The fourth-order valence-corrected chi connectivity index (χ4v) is 2.03. The first-order valence-corrected chi connectivity index (χ1v) is 5.92. The minimum atomic E-state index is -1.05. The summed E-state index contributed by atoms with van der Waals surface area (Å²) in [4.78, 5) is 15.6. The maximum absolute atomic E-state index is 11.5. The monoisotopic (exact) mass is 269 g/mol. The number of carboxylic acids is 1. The molecular formula is C14H11N3O3. The third-order valence-corrected chi connectivity index (χ3v) is 2.97. The lowest BCUT2D eigenvalue weighted by molar-refractivity contribution is 0.0699. The summed E-state index contributed by atoms with van der Waals surface area (Å²) >= 11 is 0. The molecule has 0 radical (unpaired) electrons. The number of carboxylic acid groups (broad SMARTS) is 1. The van der Waals surface area contributed by atoms with Crippen LogP contribution in [0.4, 0.5) is 0 Å². The van der Waals surface area contributed by atoms with Gasteiger partial charge in [-0.05, 0) is 30.3 Å². The molecule has 0 atom stereocenters. The molecule has 3 aromatic rings. The quantitative estimate of drug-likeness (QED) is 0.788. The van der Waals surface area contributed by atoms with Crippen molar-refractivity contribution in [1.82, 2.24) is 14.6 Å². The summed E-state index contributed by atoms with van der Waals surface area (Å²) in [6, 6.07) is 8.76. The Morgan fingerprint density at radius 2 is 2.05 bits per heavy atom. The van der Waals surface area contributed by atoms with E-state index in [2.05, 4.69) is 10.1 Å². The Labute approximate surface area is 114 Å². The van der Waals surface area contributed by atoms with E-state index in [1.807, 2.05) is 0 Å². The van der Waals surface area contributed by atoms with Crippen molar-refractivity contribution in [2.24, 2.45) is 0 Å². The lowest BCUT2D eigenvalue weighted by atomic mass is 10.1. The van der Waals surface area contributed by atoms with E-state index in [-0.39, 0.29) is 5.56 Å². The zero-order valence-corrected chi connectivity index (χ0v) is 10.6. The van der Waals surface area contributed by atoms with Crippen LogP contribution in [0.2, 0.25) is 0 Å². The van der Waals surface area contributed by atoms with Crippen LogP contribution in [0, 0.1) is 0 Å². The van der Waals surface area contributed by atoms with E-state index < -0.39 is 5.97 Å². The van der Waals surface area contributed by atoms with Crippen LogP contribution in [0.5, 0.6) is 5.75 Å². The van der Waals surface area contributed by atoms with Crippen molar-refractivity contribution in [3.8, 4) is 17.0 Å². The molecule has 0 fully saturated rings. The molecule has 100 valence electrons. The maximum atomic E-state index is 11.5. The van der Waals surface area contributed by atoms with Gasteiger partial charge in [0, 0.05) is 18.0 Å². The largest absolute Gasteiger partial charge is 0.497 e. The highest BCUT2D eigenvalue weighted by molar-refractivity contribution is 6.01. The van der Waals surface area contributed by atoms with Crippen molar-refractivity contribution in [2.45, 2.75) is 0 Å². The number of aromatic carboxylic acids is 1. The number of carbonyl (C=O) groups is 1. The zero-order valence-electron chi connectivity index (χ0n) is 10.6. The first-order valence-electron chi connectivity index (χ1n) is 5.92. The van der Waals surface area contributed by atoms with Gasteiger partial charge in [0.25, 0.3) is 0 Å². The SMILES string of the molecule is COc1ccc(-c2nn3cccnc3c2C(=O)O)cc1. The van der Waals surface area contributed by atoms with Gasteiger partial charge in [0.15, 0.2) is 5.65 Å². The van der Waals surface area contributed by atoms with E-state index in [0.29, 0.717) is 22.7 Å². The summed E-state index contributed by atoms with van der Waals surface area (Å²) in [6.07, 6.45) is 3.21. The number of nitrogens with zero attached hydrogens (tertiary/aromatic N) is 3. The van der Waals surface area contributed by atoms with Crippen LogP contribution in [-0.4, -0.2) is 32.8 Å². The lowest BCUT2D eigenvalue weighted by Gasteiger charge is -2.01. The molecule has 1 aromatic carbocycles. The van der Waals surface area contributed by atoms with Gasteiger partial charge < -0.3 is 9.84 Å². The molecule has 2 aromatic heterocycles. The van der Waals surface area contributed by atoms with E-state index in [4.69, 9.17) is 4.74 Å². The standard InChI is InChI=1S/C14H11N3O3/c1-20-10-5-3-9(4-6-10)12-11(14(18)19)13-15-7-2-8-17(13)16-12/h2-8H,1H3,(H,18,19). The molecule has 0 saturated heterocycles. The minimum absolute atomic E-state index is 0.0933. The molecule has 0 bridgehead atoms. The molecule has 0 amide bonds. The Morgan fingerprint density at radius 1 is 1.30 bits per heavy atom. The fourth-order valence-electron chi connectivity index (χ4n) is 2.03. The molecule has 0 aliphatic heterocycles. The molecule has 20 heavy (non-hydrogen) atoms. The second kappa shape index (κ2) is 4.65. The summed E-state index contributed by atoms with van der Waals surface area (Å²) in [5, 5.41) is 13.7. The van der Waals surface area contributed by atoms with Gasteiger partial charge in [0.2, 0.25) is 0 Å². The average Bonchev–Trinajstić information content (AvgIpc) is 2.86. The molecule has 2 heterocycles. The first-order chi connectivity index (χ1) is 9.70. The number of benzene rings is 1. The number of hydrogen-bond acceptors (Lipinski definition) is 4. The first kappa shape index (κ1) is 12.2. The Balaban J connectivity index is 2.23. The highest BCUT2D eigenvalue weighted by atomic mass is 16.5. The molecule has 0 saturated carbocycles. The number of rotatable bonds is 3. The highest BCUT2D eigenvalue weighted by Gasteiger charge is 2.21. The Bertz CT molecular complexity index is 778. The van der Waals surface area contributed by atoms with E-state index in [9.17, 15) is 9.90 Å². The minimum Gasteiger partial charge on any atom is -0.497 e. The highest BCUT2D eigenvalue weighted by Crippen LogP contribution is 2.26. The van der Waals surface area contributed by atoms with Crippen molar-refractivity contribution >= 4 is 11.6 Å². The smallest absolute Gasteiger partial charge is 0.341 e. The molecule has 0 aliphatic rings. The number of methoxy groups -OCH3 is 1. The maximum Gasteiger partial charge on any atom is 0.341 e. The zero-order chi connectivity index (χ0) is 14.1. The van der Waals surface area contributed by atoms with Crippen molar-refractivity contribution in [3.63, 3.8) is 0 Å². The van der Waals surface area contributed by atoms with Crippen molar-refractivity contribution < 1.29 is 14.6 Å². The van der Waals surface area contributed by atoms with E-state index in [1.165, 1.54) is 4.52 Å². The number of fused-ring (bicyclic) bond motifs is 1. The predicted octanol–water partition coefficient (Wildman–Crippen LogP) is 2.10. The van der Waals surface area contributed by atoms with E-state index in [0.717, 1.165) is 0 Å². The second-order valence-corrected chi connectivity index (χ2v) is 4.15. The second-order valence-electron chi connectivity index (χ2n) is 4.15. The number of hydrogen-bond donors (Lipinski definition) is 1. The normalized spacial score (nSPS) is 10.7. The molecule has 1 N–H and O–H groups in total. The summed E-state index contributed by atoms with van der Waals surface area (Å²) in [5.41, 5.74) is 1.51. The fraction of sp³-hybridized carbons (Fsp3) is 0.0714. The van der Waals surface area contributed by atoms with Gasteiger partial charge in [-0.1, -0.05) is 0 Å². The molecule has 3 rings (SSSR count). The van der Waals surface area contributed by atoms with Gasteiger partial charge >= 0.3 is 5.97 Å². The van der Waals surface area contributed by atoms with Crippen molar-refractivity contribution in [3.05, 3.63) is 48.3 Å². The third-order valence-electron chi connectivity index (χ3n) is 2.97. The van der Waals surface area contributed by atoms with Crippen molar-refractivity contribution in [2.75, 3.05) is 7.11 Å². The van der Waals surface area contributed by atoms with Crippen LogP contribution in [0.3, 0.4) is 0 Å². The molecule has 0 aliphatic carbocycles. The lowest BCUT2D eigenvalue weighted by Crippen LogP contribution is -1.99. The molecule has 0 unspecified atom stereocenters. The van der Waals surface area contributed by atoms with E-state index in [1.54, 1.807) is 49.8 Å². The van der Waals surface area contributed by atoms with Gasteiger partial charge in [-0.15, -0.1) is 0 Å². The Hall–Kier alpha value is -2.89. The Morgan fingerprint density at radius 3 is 2.70 bits per heavy atom. The van der Waals surface area contributed by atoms with Crippen LogP contribution >= 0.6 is 0 Å². The van der Waals surface area contributed by atoms with Crippen LogP contribution in [0.1, 0.15) is 10.4 Å². The van der Waals surface area contributed by atoms with Gasteiger partial charge in [-0.3, -0.25) is 0 Å². The summed E-state index contributed by atoms with van der Waals surface area (Å²) in [5.74, 6) is -0.350. The van der Waals surface area contributed by atoms with Crippen LogP contribution < -0.4 is 4.74 Å².